The second-order valence-electron chi connectivity index (χ2n) is 3.87. The molecule has 2 N–H and O–H groups in total. The number of rotatable bonds is 3. The molecule has 1 unspecified atom stereocenters. The highest BCUT2D eigenvalue weighted by Crippen LogP contribution is 2.18. The van der Waals surface area contributed by atoms with E-state index in [1.165, 1.54) is 6.33 Å². The van der Waals surface area contributed by atoms with Crippen LogP contribution in [0.4, 0.5) is 5.82 Å². The highest BCUT2D eigenvalue weighted by atomic mass is 16.3. The Kier molecular flexibility index (Phi) is 2.74. The fraction of sp³-hybridized carbons (Fsp3) is 0.500. The molecule has 6 nitrogen and oxygen atoms in total. The van der Waals surface area contributed by atoms with Gasteiger partial charge in [-0.2, -0.15) is 14.6 Å². The molecule has 2 aromatic heterocycles. The largest absolute Gasteiger partial charge is 0.394 e. The molecule has 2 heterocycles. The number of hydrogen-bond acceptors (Lipinski definition) is 5. The first-order chi connectivity index (χ1) is 7.63. The topological polar surface area (TPSA) is 75.3 Å². The summed E-state index contributed by atoms with van der Waals surface area (Å²) >= 11 is 0. The van der Waals surface area contributed by atoms with Gasteiger partial charge < -0.3 is 10.4 Å². The van der Waals surface area contributed by atoms with Crippen LogP contribution in [0.3, 0.4) is 0 Å². The lowest BCUT2D eigenvalue weighted by molar-refractivity contribution is 0.281. The van der Waals surface area contributed by atoms with Crippen LogP contribution in [0.1, 0.15) is 18.2 Å². The molecular weight excluding hydrogens is 206 g/mol. The molecular formula is C10H15N5O. The van der Waals surface area contributed by atoms with E-state index in [0.29, 0.717) is 5.78 Å². The van der Waals surface area contributed by atoms with Gasteiger partial charge in [0.25, 0.3) is 5.78 Å². The van der Waals surface area contributed by atoms with Gasteiger partial charge in [0.2, 0.25) is 0 Å². The minimum Gasteiger partial charge on any atom is -0.394 e. The summed E-state index contributed by atoms with van der Waals surface area (Å²) < 4.78 is 1.65. The summed E-state index contributed by atoms with van der Waals surface area (Å²) in [6.07, 6.45) is 1.47. The van der Waals surface area contributed by atoms with Gasteiger partial charge in [0.1, 0.15) is 12.1 Å². The molecule has 0 spiro atoms. The van der Waals surface area contributed by atoms with E-state index in [-0.39, 0.29) is 12.6 Å². The van der Waals surface area contributed by atoms with Crippen LogP contribution < -0.4 is 5.32 Å². The number of aromatic nitrogens is 4. The number of aliphatic hydroxyl groups excluding tert-OH is 1. The predicted octanol–water partition coefficient (Wildman–Crippen LogP) is 0.534. The molecule has 2 aromatic rings. The molecule has 86 valence electrons. The van der Waals surface area contributed by atoms with E-state index in [0.717, 1.165) is 17.1 Å². The van der Waals surface area contributed by atoms with Crippen LogP contribution in [0.15, 0.2) is 6.33 Å². The third kappa shape index (κ3) is 1.71. The van der Waals surface area contributed by atoms with Gasteiger partial charge in [-0.25, -0.2) is 4.98 Å². The van der Waals surface area contributed by atoms with Gasteiger partial charge in [-0.15, -0.1) is 0 Å². The third-order valence-electron chi connectivity index (χ3n) is 2.56. The monoisotopic (exact) mass is 221 g/mol. The number of hydrogen-bond donors (Lipinski definition) is 2. The van der Waals surface area contributed by atoms with E-state index >= 15 is 0 Å². The summed E-state index contributed by atoms with van der Waals surface area (Å²) in [5, 5.41) is 16.4. The predicted molar refractivity (Wildman–Crippen MR) is 60.4 cm³/mol. The maximum absolute atomic E-state index is 9.06. The van der Waals surface area contributed by atoms with Crippen LogP contribution in [0.25, 0.3) is 5.78 Å². The van der Waals surface area contributed by atoms with Gasteiger partial charge in [-0.05, 0) is 20.8 Å². The van der Waals surface area contributed by atoms with Crippen molar-refractivity contribution >= 4 is 11.6 Å². The van der Waals surface area contributed by atoms with E-state index < -0.39 is 0 Å². The third-order valence-corrected chi connectivity index (χ3v) is 2.56. The van der Waals surface area contributed by atoms with E-state index in [1.807, 2.05) is 20.8 Å². The van der Waals surface area contributed by atoms with E-state index in [9.17, 15) is 0 Å². The number of aliphatic hydroxyl groups is 1. The zero-order valence-corrected chi connectivity index (χ0v) is 9.60. The zero-order chi connectivity index (χ0) is 11.7. The summed E-state index contributed by atoms with van der Waals surface area (Å²) in [5.74, 6) is 1.40. The minimum atomic E-state index is -0.0344. The lowest BCUT2D eigenvalue weighted by atomic mass is 10.2. The fourth-order valence-electron chi connectivity index (χ4n) is 1.48. The molecule has 0 aliphatic heterocycles. The summed E-state index contributed by atoms with van der Waals surface area (Å²) in [6.45, 7) is 5.86. The van der Waals surface area contributed by atoms with Gasteiger partial charge in [-0.3, -0.25) is 0 Å². The Hall–Kier alpha value is -1.69. The first-order valence-corrected chi connectivity index (χ1v) is 5.17. The van der Waals surface area contributed by atoms with Gasteiger partial charge in [0, 0.05) is 17.3 Å². The Bertz CT molecular complexity index is 507. The van der Waals surface area contributed by atoms with E-state index in [4.69, 9.17) is 5.11 Å². The normalized spacial score (nSPS) is 13.0. The molecule has 0 bridgehead atoms. The number of aryl methyl sites for hydroxylation is 1. The minimum absolute atomic E-state index is 0.0344. The van der Waals surface area contributed by atoms with Crippen molar-refractivity contribution in [1.82, 2.24) is 19.6 Å². The Morgan fingerprint density at radius 3 is 2.94 bits per heavy atom. The quantitative estimate of drug-likeness (QED) is 0.791. The molecule has 16 heavy (non-hydrogen) atoms. The van der Waals surface area contributed by atoms with Gasteiger partial charge in [0.15, 0.2) is 0 Å². The fourth-order valence-corrected chi connectivity index (χ4v) is 1.48. The van der Waals surface area contributed by atoms with Crippen molar-refractivity contribution in [2.24, 2.45) is 0 Å². The molecule has 0 aromatic carbocycles. The maximum atomic E-state index is 9.06. The molecule has 0 aliphatic carbocycles. The molecule has 0 aliphatic rings. The molecule has 1 atom stereocenters. The van der Waals surface area contributed by atoms with E-state index in [1.54, 1.807) is 4.52 Å². The molecule has 0 amide bonds. The van der Waals surface area contributed by atoms with Crippen LogP contribution in [0.5, 0.6) is 0 Å². The van der Waals surface area contributed by atoms with Crippen molar-refractivity contribution in [1.29, 1.82) is 0 Å². The first kappa shape index (κ1) is 10.8. The Morgan fingerprint density at radius 2 is 2.25 bits per heavy atom. The highest BCUT2D eigenvalue weighted by Gasteiger charge is 2.12. The second-order valence-corrected chi connectivity index (χ2v) is 3.87. The van der Waals surface area contributed by atoms with Crippen molar-refractivity contribution < 1.29 is 5.11 Å². The Labute approximate surface area is 93.3 Å². The number of nitrogens with one attached hydrogen (secondary N) is 1. The smallest absolute Gasteiger partial charge is 0.254 e. The van der Waals surface area contributed by atoms with Crippen molar-refractivity contribution in [2.75, 3.05) is 11.9 Å². The van der Waals surface area contributed by atoms with Crippen LogP contribution in [0, 0.1) is 13.8 Å². The number of nitrogens with zero attached hydrogens (tertiary/aromatic N) is 4. The zero-order valence-electron chi connectivity index (χ0n) is 9.60. The highest BCUT2D eigenvalue weighted by molar-refractivity contribution is 5.52. The Balaban J connectivity index is 2.55. The van der Waals surface area contributed by atoms with Crippen LogP contribution in [-0.4, -0.2) is 37.3 Å². The van der Waals surface area contributed by atoms with Crippen LogP contribution in [0.2, 0.25) is 0 Å². The summed E-state index contributed by atoms with van der Waals surface area (Å²) in [5.41, 5.74) is 1.92. The van der Waals surface area contributed by atoms with Gasteiger partial charge in [0.05, 0.1) is 6.61 Å². The van der Waals surface area contributed by atoms with Crippen molar-refractivity contribution in [3.05, 3.63) is 17.6 Å². The van der Waals surface area contributed by atoms with Crippen LogP contribution >= 0.6 is 0 Å². The molecule has 2 rings (SSSR count). The van der Waals surface area contributed by atoms with Crippen molar-refractivity contribution in [2.45, 2.75) is 26.8 Å². The van der Waals surface area contributed by atoms with Crippen LogP contribution in [-0.2, 0) is 0 Å². The lowest BCUT2D eigenvalue weighted by Gasteiger charge is -2.16. The Morgan fingerprint density at radius 1 is 1.50 bits per heavy atom. The molecule has 0 radical (unpaired) electrons. The number of anilines is 1. The summed E-state index contributed by atoms with van der Waals surface area (Å²) in [6, 6.07) is -0.0344. The van der Waals surface area contributed by atoms with Crippen molar-refractivity contribution in [3.63, 3.8) is 0 Å². The second kappa shape index (κ2) is 4.05. The average Bonchev–Trinajstić information content (AvgIpc) is 2.71. The average molecular weight is 221 g/mol. The molecule has 0 fully saturated rings. The number of fused-ring (bicyclic) bond motifs is 1. The molecule has 6 heteroatoms. The van der Waals surface area contributed by atoms with Gasteiger partial charge in [-0.1, -0.05) is 0 Å². The molecule has 0 saturated carbocycles. The van der Waals surface area contributed by atoms with Crippen molar-refractivity contribution in [3.8, 4) is 0 Å². The summed E-state index contributed by atoms with van der Waals surface area (Å²) in [4.78, 5) is 8.37. The van der Waals surface area contributed by atoms with Gasteiger partial charge >= 0.3 is 0 Å². The first-order valence-electron chi connectivity index (χ1n) is 5.17. The standard InChI is InChI=1S/C10H15N5O/c1-6(4-16)13-9-7(2)8(3)14-10-11-5-12-15(9)10/h5-6,13,16H,4H2,1-3H3. The SMILES string of the molecule is Cc1nc2ncnn2c(NC(C)CO)c1C. The molecule has 0 saturated heterocycles. The lowest BCUT2D eigenvalue weighted by Crippen LogP contribution is -2.22. The summed E-state index contributed by atoms with van der Waals surface area (Å²) in [7, 11) is 0. The van der Waals surface area contributed by atoms with E-state index in [2.05, 4.69) is 20.4 Å². The maximum Gasteiger partial charge on any atom is 0.254 e.